The standard InChI is InChI=1S/C12H11I2NO5/c13-6-3-7(10(16)8(14)4-6)11(17)15-1-2-20-9(5-15)12(18)19/h3-4,9,16H,1-2,5H2,(H,18,19). The molecule has 8 heteroatoms. The highest BCUT2D eigenvalue weighted by Crippen LogP contribution is 2.28. The van der Waals surface area contributed by atoms with Gasteiger partial charge in [-0.1, -0.05) is 0 Å². The molecule has 1 unspecified atom stereocenters. The molecule has 1 aromatic carbocycles. The molecule has 0 aromatic heterocycles. The quantitative estimate of drug-likeness (QED) is 0.599. The summed E-state index contributed by atoms with van der Waals surface area (Å²) >= 11 is 4.01. The highest BCUT2D eigenvalue weighted by Gasteiger charge is 2.30. The summed E-state index contributed by atoms with van der Waals surface area (Å²) in [6.07, 6.45) is -1.02. The second-order valence-corrected chi connectivity index (χ2v) is 6.64. The van der Waals surface area contributed by atoms with Gasteiger partial charge in [0.2, 0.25) is 0 Å². The summed E-state index contributed by atoms with van der Waals surface area (Å²) in [6.45, 7) is 0.463. The average molecular weight is 503 g/mol. The van der Waals surface area contributed by atoms with Crippen LogP contribution in [-0.4, -0.2) is 52.8 Å². The van der Waals surface area contributed by atoms with E-state index in [1.54, 1.807) is 12.1 Å². The predicted molar refractivity (Wildman–Crippen MR) is 86.8 cm³/mol. The van der Waals surface area contributed by atoms with Crippen LogP contribution in [-0.2, 0) is 9.53 Å². The van der Waals surface area contributed by atoms with Gasteiger partial charge in [-0.2, -0.15) is 0 Å². The number of hydrogen-bond donors (Lipinski definition) is 2. The summed E-state index contributed by atoms with van der Waals surface area (Å²) in [5.41, 5.74) is 0.187. The number of carbonyl (C=O) groups is 2. The molecule has 108 valence electrons. The average Bonchev–Trinajstić information content (AvgIpc) is 2.42. The number of carbonyl (C=O) groups excluding carboxylic acids is 1. The Hall–Kier alpha value is -0.620. The SMILES string of the molecule is O=C(O)C1CN(C(=O)c2cc(I)cc(I)c2O)CCO1. The summed E-state index contributed by atoms with van der Waals surface area (Å²) in [5, 5.41) is 18.9. The first-order valence-electron chi connectivity index (χ1n) is 5.72. The van der Waals surface area contributed by atoms with Crippen LogP contribution in [0, 0.1) is 7.14 Å². The molecule has 1 amide bonds. The fourth-order valence-electron chi connectivity index (χ4n) is 1.88. The Balaban J connectivity index is 2.25. The molecule has 0 aliphatic carbocycles. The highest BCUT2D eigenvalue weighted by molar-refractivity contribution is 14.1. The van der Waals surface area contributed by atoms with E-state index >= 15 is 0 Å². The molecule has 2 N–H and O–H groups in total. The third kappa shape index (κ3) is 3.34. The lowest BCUT2D eigenvalue weighted by Crippen LogP contribution is -2.48. The van der Waals surface area contributed by atoms with E-state index in [2.05, 4.69) is 22.6 Å². The van der Waals surface area contributed by atoms with Gasteiger partial charge >= 0.3 is 5.97 Å². The van der Waals surface area contributed by atoms with Crippen LogP contribution < -0.4 is 0 Å². The van der Waals surface area contributed by atoms with Gasteiger partial charge in [-0.25, -0.2) is 4.79 Å². The van der Waals surface area contributed by atoms with E-state index in [1.165, 1.54) is 4.90 Å². The number of aromatic hydroxyl groups is 1. The maximum Gasteiger partial charge on any atom is 0.334 e. The van der Waals surface area contributed by atoms with Crippen molar-refractivity contribution in [1.29, 1.82) is 0 Å². The molecule has 2 rings (SSSR count). The fourth-order valence-corrected chi connectivity index (χ4v) is 3.73. The minimum Gasteiger partial charge on any atom is -0.506 e. The highest BCUT2D eigenvalue weighted by atomic mass is 127. The van der Waals surface area contributed by atoms with Crippen LogP contribution >= 0.6 is 45.2 Å². The monoisotopic (exact) mass is 503 g/mol. The van der Waals surface area contributed by atoms with Crippen LogP contribution in [0.25, 0.3) is 0 Å². The maximum atomic E-state index is 12.4. The number of halogens is 2. The Kier molecular flexibility index (Phi) is 5.07. The molecule has 1 fully saturated rings. The van der Waals surface area contributed by atoms with Gasteiger partial charge in [0.05, 0.1) is 22.3 Å². The Morgan fingerprint density at radius 2 is 2.05 bits per heavy atom. The summed E-state index contributed by atoms with van der Waals surface area (Å²) in [7, 11) is 0. The number of phenols is 1. The first kappa shape index (κ1) is 15.8. The van der Waals surface area contributed by atoms with Crippen molar-refractivity contribution in [3.8, 4) is 5.75 Å². The van der Waals surface area contributed by atoms with Crippen LogP contribution in [0.2, 0.25) is 0 Å². The van der Waals surface area contributed by atoms with Gasteiger partial charge in [-0.15, -0.1) is 0 Å². The molecule has 0 saturated carbocycles. The van der Waals surface area contributed by atoms with Crippen LogP contribution in [0.4, 0.5) is 0 Å². The zero-order valence-corrected chi connectivity index (χ0v) is 14.5. The zero-order valence-electron chi connectivity index (χ0n) is 10.2. The second-order valence-electron chi connectivity index (χ2n) is 4.23. The molecule has 1 aliphatic rings. The Labute approximate surface area is 142 Å². The van der Waals surface area contributed by atoms with E-state index in [0.29, 0.717) is 10.1 Å². The van der Waals surface area contributed by atoms with E-state index < -0.39 is 12.1 Å². The lowest BCUT2D eigenvalue weighted by molar-refractivity contribution is -0.154. The Morgan fingerprint density at radius 1 is 1.35 bits per heavy atom. The molecular weight excluding hydrogens is 492 g/mol. The molecule has 1 aromatic rings. The van der Waals surface area contributed by atoms with E-state index in [4.69, 9.17) is 9.84 Å². The van der Waals surface area contributed by atoms with Crippen molar-refractivity contribution >= 4 is 57.1 Å². The Morgan fingerprint density at radius 3 is 2.70 bits per heavy atom. The van der Waals surface area contributed by atoms with Crippen LogP contribution in [0.15, 0.2) is 12.1 Å². The van der Waals surface area contributed by atoms with Crippen molar-refractivity contribution in [2.75, 3.05) is 19.7 Å². The van der Waals surface area contributed by atoms with Crippen molar-refractivity contribution in [2.45, 2.75) is 6.10 Å². The fraction of sp³-hybridized carbons (Fsp3) is 0.333. The summed E-state index contributed by atoms with van der Waals surface area (Å²) in [5.74, 6) is -1.55. The molecule has 1 aliphatic heterocycles. The number of hydrogen-bond acceptors (Lipinski definition) is 4. The molecule has 0 spiro atoms. The molecule has 1 saturated heterocycles. The van der Waals surface area contributed by atoms with Gasteiger partial charge in [0.25, 0.3) is 5.91 Å². The van der Waals surface area contributed by atoms with Crippen molar-refractivity contribution in [3.05, 3.63) is 24.8 Å². The van der Waals surface area contributed by atoms with Crippen LogP contribution in [0.5, 0.6) is 5.75 Å². The van der Waals surface area contributed by atoms with E-state index in [0.717, 1.165) is 3.57 Å². The first-order chi connectivity index (χ1) is 9.40. The number of phenolic OH excluding ortho intramolecular Hbond substituents is 1. The van der Waals surface area contributed by atoms with Crippen molar-refractivity contribution < 1.29 is 24.5 Å². The largest absolute Gasteiger partial charge is 0.506 e. The smallest absolute Gasteiger partial charge is 0.334 e. The third-order valence-electron chi connectivity index (χ3n) is 2.89. The second kappa shape index (κ2) is 6.43. The molecule has 0 bridgehead atoms. The lowest BCUT2D eigenvalue weighted by atomic mass is 10.1. The minimum atomic E-state index is -1.09. The number of rotatable bonds is 2. The zero-order chi connectivity index (χ0) is 14.9. The lowest BCUT2D eigenvalue weighted by Gasteiger charge is -2.31. The maximum absolute atomic E-state index is 12.4. The number of aliphatic carboxylic acids is 1. The predicted octanol–water partition coefficient (Wildman–Crippen LogP) is 1.53. The number of morpholine rings is 1. The van der Waals surface area contributed by atoms with Gasteiger partial charge < -0.3 is 19.8 Å². The van der Waals surface area contributed by atoms with Crippen molar-refractivity contribution in [3.63, 3.8) is 0 Å². The van der Waals surface area contributed by atoms with E-state index in [1.807, 2.05) is 22.6 Å². The minimum absolute atomic E-state index is 0.0182. The first-order valence-corrected chi connectivity index (χ1v) is 7.87. The summed E-state index contributed by atoms with van der Waals surface area (Å²) < 4.78 is 6.49. The van der Waals surface area contributed by atoms with Crippen LogP contribution in [0.1, 0.15) is 10.4 Å². The number of carboxylic acid groups (broad SMARTS) is 1. The third-order valence-corrected chi connectivity index (χ3v) is 4.33. The Bertz CT molecular complexity index is 563. The summed E-state index contributed by atoms with van der Waals surface area (Å²) in [6, 6.07) is 3.35. The van der Waals surface area contributed by atoms with Crippen molar-refractivity contribution in [1.82, 2.24) is 4.90 Å². The molecule has 0 radical (unpaired) electrons. The summed E-state index contributed by atoms with van der Waals surface area (Å²) in [4.78, 5) is 24.7. The normalized spacial score (nSPS) is 18.9. The number of benzene rings is 1. The van der Waals surface area contributed by atoms with Gasteiger partial charge in [-0.3, -0.25) is 4.79 Å². The molecule has 1 heterocycles. The molecule has 1 atom stereocenters. The van der Waals surface area contributed by atoms with Gasteiger partial charge in [0.15, 0.2) is 6.10 Å². The number of nitrogens with zero attached hydrogens (tertiary/aromatic N) is 1. The molecule has 20 heavy (non-hydrogen) atoms. The van der Waals surface area contributed by atoms with E-state index in [9.17, 15) is 14.7 Å². The van der Waals surface area contributed by atoms with Crippen molar-refractivity contribution in [2.24, 2.45) is 0 Å². The van der Waals surface area contributed by atoms with E-state index in [-0.39, 0.29) is 30.4 Å². The molecule has 6 nitrogen and oxygen atoms in total. The molecular formula is C12H11I2NO5. The number of ether oxygens (including phenoxy) is 1. The van der Waals surface area contributed by atoms with Gasteiger partial charge in [0, 0.05) is 10.1 Å². The van der Waals surface area contributed by atoms with Crippen LogP contribution in [0.3, 0.4) is 0 Å². The van der Waals surface area contributed by atoms with Gasteiger partial charge in [-0.05, 0) is 57.3 Å². The van der Waals surface area contributed by atoms with Gasteiger partial charge in [0.1, 0.15) is 5.75 Å². The number of amides is 1. The topological polar surface area (TPSA) is 87.1 Å². The number of carboxylic acids is 1.